The lowest BCUT2D eigenvalue weighted by Gasteiger charge is -2.20. The first-order chi connectivity index (χ1) is 9.36. The number of carboxylic acids is 1. The van der Waals surface area contributed by atoms with Crippen LogP contribution >= 0.6 is 0 Å². The number of aromatic carboxylic acids is 1. The van der Waals surface area contributed by atoms with Gasteiger partial charge in [-0.25, -0.2) is 14.8 Å². The molecule has 1 aromatic heterocycles. The first kappa shape index (κ1) is 15.9. The predicted octanol–water partition coefficient (Wildman–Crippen LogP) is 0.870. The number of likely N-dealkylation sites (N-methyl/N-ethyl adjacent to an activating group) is 2. The Kier molecular flexibility index (Phi) is 5.42. The monoisotopic (exact) mass is 280 g/mol. The largest absolute Gasteiger partial charge is 0.476 e. The van der Waals surface area contributed by atoms with Crippen molar-refractivity contribution in [2.45, 2.75) is 26.7 Å². The Labute approximate surface area is 118 Å². The van der Waals surface area contributed by atoms with E-state index in [4.69, 9.17) is 0 Å². The SMILES string of the molecule is CCNC(=O)CN(C)c1cnc(C(C)C)nc1C(=O)O. The van der Waals surface area contributed by atoms with Crippen LogP contribution in [0.3, 0.4) is 0 Å². The number of rotatable bonds is 6. The molecule has 0 fully saturated rings. The maximum atomic E-state index is 11.5. The number of hydrogen-bond donors (Lipinski definition) is 2. The van der Waals surface area contributed by atoms with E-state index in [1.165, 1.54) is 11.1 Å². The lowest BCUT2D eigenvalue weighted by Crippen LogP contribution is -2.35. The van der Waals surface area contributed by atoms with Gasteiger partial charge < -0.3 is 15.3 Å². The number of carbonyl (C=O) groups excluding carboxylic acids is 1. The molecule has 7 heteroatoms. The highest BCUT2D eigenvalue weighted by atomic mass is 16.4. The molecule has 0 aliphatic carbocycles. The third kappa shape index (κ3) is 3.91. The van der Waals surface area contributed by atoms with Crippen LogP contribution in [0.1, 0.15) is 43.0 Å². The van der Waals surface area contributed by atoms with E-state index in [0.717, 1.165) is 0 Å². The second-order valence-corrected chi connectivity index (χ2v) is 4.73. The van der Waals surface area contributed by atoms with Gasteiger partial charge in [0.15, 0.2) is 5.69 Å². The number of amides is 1. The zero-order valence-electron chi connectivity index (χ0n) is 12.2. The summed E-state index contributed by atoms with van der Waals surface area (Å²) >= 11 is 0. The van der Waals surface area contributed by atoms with Gasteiger partial charge in [0.05, 0.1) is 18.4 Å². The van der Waals surface area contributed by atoms with Crippen molar-refractivity contribution in [1.82, 2.24) is 15.3 Å². The summed E-state index contributed by atoms with van der Waals surface area (Å²) in [6.07, 6.45) is 1.45. The second kappa shape index (κ2) is 6.83. The Balaban J connectivity index is 3.04. The lowest BCUT2D eigenvalue weighted by atomic mass is 10.2. The van der Waals surface area contributed by atoms with Gasteiger partial charge in [-0.15, -0.1) is 0 Å². The molecule has 0 aliphatic heterocycles. The highest BCUT2D eigenvalue weighted by molar-refractivity contribution is 5.93. The van der Waals surface area contributed by atoms with Crippen LogP contribution in [0.4, 0.5) is 5.69 Å². The van der Waals surface area contributed by atoms with Crippen molar-refractivity contribution in [1.29, 1.82) is 0 Å². The molecule has 1 aromatic rings. The number of aromatic nitrogens is 2. The van der Waals surface area contributed by atoms with Gasteiger partial charge in [0.2, 0.25) is 5.91 Å². The molecule has 0 unspecified atom stereocenters. The van der Waals surface area contributed by atoms with Crippen LogP contribution in [-0.2, 0) is 4.79 Å². The highest BCUT2D eigenvalue weighted by Crippen LogP contribution is 2.19. The minimum absolute atomic E-state index is 0.0378. The summed E-state index contributed by atoms with van der Waals surface area (Å²) in [7, 11) is 1.63. The Morgan fingerprint density at radius 2 is 2.10 bits per heavy atom. The number of nitrogens with zero attached hydrogens (tertiary/aromatic N) is 3. The lowest BCUT2D eigenvalue weighted by molar-refractivity contribution is -0.119. The van der Waals surface area contributed by atoms with Gasteiger partial charge in [-0.3, -0.25) is 4.79 Å². The minimum Gasteiger partial charge on any atom is -0.476 e. The summed E-state index contributed by atoms with van der Waals surface area (Å²) in [5.41, 5.74) is 0.239. The fourth-order valence-electron chi connectivity index (χ4n) is 1.66. The van der Waals surface area contributed by atoms with E-state index in [1.807, 2.05) is 20.8 Å². The first-order valence-corrected chi connectivity index (χ1v) is 6.44. The summed E-state index contributed by atoms with van der Waals surface area (Å²) in [6.45, 7) is 6.18. The Morgan fingerprint density at radius 1 is 1.45 bits per heavy atom. The minimum atomic E-state index is -1.13. The summed E-state index contributed by atoms with van der Waals surface area (Å²) < 4.78 is 0. The number of anilines is 1. The Hall–Kier alpha value is -2.18. The van der Waals surface area contributed by atoms with E-state index in [9.17, 15) is 14.7 Å². The number of carboxylic acid groups (broad SMARTS) is 1. The second-order valence-electron chi connectivity index (χ2n) is 4.73. The molecule has 0 atom stereocenters. The van der Waals surface area contributed by atoms with E-state index < -0.39 is 5.97 Å². The molecule has 1 rings (SSSR count). The predicted molar refractivity (Wildman–Crippen MR) is 75.0 cm³/mol. The molecule has 0 spiro atoms. The maximum absolute atomic E-state index is 11.5. The van der Waals surface area contributed by atoms with Crippen LogP contribution in [0, 0.1) is 0 Å². The van der Waals surface area contributed by atoms with Crippen molar-refractivity contribution in [2.24, 2.45) is 0 Å². The van der Waals surface area contributed by atoms with Crippen LogP contribution < -0.4 is 10.2 Å². The smallest absolute Gasteiger partial charge is 0.356 e. The van der Waals surface area contributed by atoms with Crippen LogP contribution in [0.2, 0.25) is 0 Å². The molecular formula is C13H20N4O3. The molecule has 0 saturated heterocycles. The highest BCUT2D eigenvalue weighted by Gasteiger charge is 2.19. The zero-order chi connectivity index (χ0) is 15.3. The van der Waals surface area contributed by atoms with Crippen LogP contribution in [0.15, 0.2) is 6.20 Å². The molecule has 0 radical (unpaired) electrons. The van der Waals surface area contributed by atoms with Crippen molar-refractivity contribution < 1.29 is 14.7 Å². The molecule has 110 valence electrons. The molecule has 0 bridgehead atoms. The molecule has 7 nitrogen and oxygen atoms in total. The van der Waals surface area contributed by atoms with E-state index >= 15 is 0 Å². The van der Waals surface area contributed by atoms with Crippen LogP contribution in [0.5, 0.6) is 0 Å². The van der Waals surface area contributed by atoms with E-state index in [-0.39, 0.29) is 24.1 Å². The van der Waals surface area contributed by atoms with Gasteiger partial charge >= 0.3 is 5.97 Å². The summed E-state index contributed by atoms with van der Waals surface area (Å²) in [6, 6.07) is 0. The van der Waals surface area contributed by atoms with Gasteiger partial charge in [-0.2, -0.15) is 0 Å². The van der Waals surface area contributed by atoms with Gasteiger partial charge in [0.25, 0.3) is 0 Å². The quantitative estimate of drug-likeness (QED) is 0.802. The van der Waals surface area contributed by atoms with Gasteiger partial charge in [-0.05, 0) is 6.92 Å². The normalized spacial score (nSPS) is 10.4. The van der Waals surface area contributed by atoms with Crippen molar-refractivity contribution in [3.63, 3.8) is 0 Å². The van der Waals surface area contributed by atoms with Crippen molar-refractivity contribution >= 4 is 17.6 Å². The van der Waals surface area contributed by atoms with Gasteiger partial charge in [-0.1, -0.05) is 13.8 Å². The maximum Gasteiger partial charge on any atom is 0.356 e. The molecule has 0 aliphatic rings. The standard InChI is InChI=1S/C13H20N4O3/c1-5-14-10(18)7-17(4)9-6-15-12(8(2)3)16-11(9)13(19)20/h6,8H,5,7H2,1-4H3,(H,14,18)(H,19,20). The van der Waals surface area contributed by atoms with Crippen molar-refractivity contribution in [3.05, 3.63) is 17.7 Å². The molecule has 1 amide bonds. The van der Waals surface area contributed by atoms with E-state index in [0.29, 0.717) is 18.1 Å². The van der Waals surface area contributed by atoms with Crippen LogP contribution in [0.25, 0.3) is 0 Å². The molecule has 20 heavy (non-hydrogen) atoms. The molecule has 2 N–H and O–H groups in total. The Bertz CT molecular complexity index is 502. The fraction of sp³-hybridized carbons (Fsp3) is 0.538. The number of carbonyl (C=O) groups is 2. The van der Waals surface area contributed by atoms with Gasteiger partial charge in [0, 0.05) is 19.5 Å². The third-order valence-corrected chi connectivity index (χ3v) is 2.67. The third-order valence-electron chi connectivity index (χ3n) is 2.67. The van der Waals surface area contributed by atoms with Crippen molar-refractivity contribution in [2.75, 3.05) is 25.0 Å². The molecule has 1 heterocycles. The Morgan fingerprint density at radius 3 is 2.60 bits per heavy atom. The number of hydrogen-bond acceptors (Lipinski definition) is 5. The average Bonchev–Trinajstić information content (AvgIpc) is 2.37. The first-order valence-electron chi connectivity index (χ1n) is 6.44. The molecular weight excluding hydrogens is 260 g/mol. The zero-order valence-corrected chi connectivity index (χ0v) is 12.2. The van der Waals surface area contributed by atoms with Crippen LogP contribution in [-0.4, -0.2) is 47.1 Å². The number of nitrogens with one attached hydrogen (secondary N) is 1. The summed E-state index contributed by atoms with van der Waals surface area (Å²) in [5, 5.41) is 11.9. The molecule has 0 aromatic carbocycles. The summed E-state index contributed by atoms with van der Waals surface area (Å²) in [5.74, 6) is -0.806. The summed E-state index contributed by atoms with van der Waals surface area (Å²) in [4.78, 5) is 32.6. The van der Waals surface area contributed by atoms with E-state index in [1.54, 1.807) is 7.05 Å². The topological polar surface area (TPSA) is 95.4 Å². The fourth-order valence-corrected chi connectivity index (χ4v) is 1.66. The molecule has 0 saturated carbocycles. The van der Waals surface area contributed by atoms with E-state index in [2.05, 4.69) is 15.3 Å². The average molecular weight is 280 g/mol. The van der Waals surface area contributed by atoms with Crippen molar-refractivity contribution in [3.8, 4) is 0 Å². The van der Waals surface area contributed by atoms with Gasteiger partial charge in [0.1, 0.15) is 5.82 Å².